The summed E-state index contributed by atoms with van der Waals surface area (Å²) in [7, 11) is 5.45. The molecule has 0 aromatic heterocycles. The summed E-state index contributed by atoms with van der Waals surface area (Å²) in [4.78, 5) is 55.6. The molecule has 5 rings (SSSR count). The molecule has 0 bridgehead atoms. The van der Waals surface area contributed by atoms with E-state index >= 15 is 0 Å². The zero-order valence-electron chi connectivity index (χ0n) is 22.8. The van der Waals surface area contributed by atoms with E-state index in [1.807, 2.05) is 11.9 Å². The highest BCUT2D eigenvalue weighted by atomic mass is 16.3. The number of hydrogen-bond donors (Lipinski definition) is 6. The lowest BCUT2D eigenvalue weighted by Gasteiger charge is -2.48. The van der Waals surface area contributed by atoms with E-state index in [2.05, 4.69) is 5.32 Å². The van der Waals surface area contributed by atoms with Crippen LogP contribution >= 0.6 is 0 Å². The number of likely N-dealkylation sites (tertiary alicyclic amines) is 1. The zero-order valence-corrected chi connectivity index (χ0v) is 22.8. The predicted octanol–water partition coefficient (Wildman–Crippen LogP) is -0.478. The number of nitrogens with one attached hydrogen (secondary N) is 1. The van der Waals surface area contributed by atoms with Gasteiger partial charge in [0.25, 0.3) is 0 Å². The molecule has 12 heteroatoms. The van der Waals surface area contributed by atoms with Crippen LogP contribution in [-0.4, -0.2) is 94.1 Å². The van der Waals surface area contributed by atoms with Gasteiger partial charge in [-0.05, 0) is 63.2 Å². The van der Waals surface area contributed by atoms with Crippen LogP contribution in [0.5, 0.6) is 5.75 Å². The summed E-state index contributed by atoms with van der Waals surface area (Å²) >= 11 is 0. The van der Waals surface area contributed by atoms with E-state index < -0.39 is 52.7 Å². The zero-order chi connectivity index (χ0) is 29.3. The summed E-state index contributed by atoms with van der Waals surface area (Å²) in [6.07, 6.45) is 0.370. The second-order valence-corrected chi connectivity index (χ2v) is 11.7. The summed E-state index contributed by atoms with van der Waals surface area (Å²) < 4.78 is 0. The summed E-state index contributed by atoms with van der Waals surface area (Å²) in [5.74, 6) is -7.67. The Morgan fingerprint density at radius 2 is 1.93 bits per heavy atom. The van der Waals surface area contributed by atoms with Crippen molar-refractivity contribution in [3.8, 4) is 5.75 Å². The van der Waals surface area contributed by atoms with E-state index in [1.54, 1.807) is 25.1 Å². The third-order valence-electron chi connectivity index (χ3n) is 9.20. The topological polar surface area (TPSA) is 194 Å². The number of amides is 2. The van der Waals surface area contributed by atoms with Crippen LogP contribution in [0, 0.1) is 17.8 Å². The van der Waals surface area contributed by atoms with Gasteiger partial charge in [-0.3, -0.25) is 24.1 Å². The van der Waals surface area contributed by atoms with E-state index in [0.29, 0.717) is 16.8 Å². The fourth-order valence-corrected chi connectivity index (χ4v) is 7.10. The number of primary amides is 1. The summed E-state index contributed by atoms with van der Waals surface area (Å²) in [5, 5.41) is 47.3. The highest BCUT2D eigenvalue weighted by Crippen LogP contribution is 2.52. The van der Waals surface area contributed by atoms with Gasteiger partial charge in [-0.25, -0.2) is 0 Å². The van der Waals surface area contributed by atoms with Crippen LogP contribution in [0.1, 0.15) is 47.2 Å². The number of carbonyl (C=O) groups excluding carboxylic acids is 4. The molecule has 2 amide bonds. The van der Waals surface area contributed by atoms with Crippen molar-refractivity contribution in [1.29, 1.82) is 0 Å². The predicted molar refractivity (Wildman–Crippen MR) is 142 cm³/mol. The minimum Gasteiger partial charge on any atom is -0.508 e. The van der Waals surface area contributed by atoms with Gasteiger partial charge in [0.2, 0.25) is 11.8 Å². The van der Waals surface area contributed by atoms with Crippen LogP contribution in [0.3, 0.4) is 0 Å². The Balaban J connectivity index is 1.55. The average Bonchev–Trinajstić information content (AvgIpc) is 3.31. The molecule has 216 valence electrons. The Bertz CT molecular complexity index is 1340. The van der Waals surface area contributed by atoms with Crippen molar-refractivity contribution in [2.45, 2.75) is 56.4 Å². The lowest BCUT2D eigenvalue weighted by atomic mass is 9.57. The standard InChI is InChI=1S/C28H36N4O8/c1-31(2)17-9-13(11-30-27(39)16-5-4-6-32(16)3)22(34)20-15(17)8-12-7-14-10-18(33)21(26(29)38)25(37)28(14,40)24(36)19(12)23(20)35/h9,12,14,16,18,21,33-34,36,40H,4-8,10-11H2,1-3H3,(H2,29,38)(H,30,39)/t12-,14+,16+,18?,21?,28+/m1/s1. The van der Waals surface area contributed by atoms with Gasteiger partial charge in [0.05, 0.1) is 17.7 Å². The van der Waals surface area contributed by atoms with Crippen LogP contribution in [0.25, 0.3) is 0 Å². The first-order chi connectivity index (χ1) is 18.8. The number of Topliss-reactive ketones (excluding diaryl/α,β-unsaturated/α-hetero) is 2. The number of ketones is 2. The van der Waals surface area contributed by atoms with Gasteiger partial charge in [-0.1, -0.05) is 0 Å². The molecule has 0 radical (unpaired) electrons. The Hall–Kier alpha value is -3.48. The van der Waals surface area contributed by atoms with Gasteiger partial charge in [0.15, 0.2) is 17.2 Å². The fourth-order valence-electron chi connectivity index (χ4n) is 7.10. The van der Waals surface area contributed by atoms with E-state index in [1.165, 1.54) is 0 Å². The Morgan fingerprint density at radius 3 is 2.52 bits per heavy atom. The number of nitrogens with zero attached hydrogens (tertiary/aromatic N) is 2. The molecular weight excluding hydrogens is 520 g/mol. The van der Waals surface area contributed by atoms with Crippen LogP contribution in [0.4, 0.5) is 5.69 Å². The minimum atomic E-state index is -2.56. The van der Waals surface area contributed by atoms with Crippen LogP contribution in [0.2, 0.25) is 0 Å². The average molecular weight is 557 g/mol. The monoisotopic (exact) mass is 556 g/mol. The van der Waals surface area contributed by atoms with Gasteiger partial charge >= 0.3 is 0 Å². The number of anilines is 1. The first kappa shape index (κ1) is 28.1. The number of phenols is 1. The molecular formula is C28H36N4O8. The molecule has 1 saturated carbocycles. The Labute approximate surface area is 231 Å². The smallest absolute Gasteiger partial charge is 0.237 e. The number of allylic oxidation sites excluding steroid dienone is 1. The van der Waals surface area contributed by atoms with E-state index in [4.69, 9.17) is 5.73 Å². The van der Waals surface area contributed by atoms with Crippen LogP contribution in [-0.2, 0) is 27.3 Å². The van der Waals surface area contributed by atoms with Crippen molar-refractivity contribution in [2.75, 3.05) is 32.6 Å². The second-order valence-electron chi connectivity index (χ2n) is 11.7. The quantitative estimate of drug-likeness (QED) is 0.258. The van der Waals surface area contributed by atoms with Crippen LogP contribution in [0.15, 0.2) is 17.4 Å². The number of nitrogens with two attached hydrogens (primary N) is 1. The third-order valence-corrected chi connectivity index (χ3v) is 9.20. The lowest BCUT2D eigenvalue weighted by Crippen LogP contribution is -2.63. The molecule has 2 unspecified atom stereocenters. The number of carbonyl (C=O) groups is 4. The number of aliphatic hydroxyl groups excluding tert-OH is 2. The Kier molecular flexibility index (Phi) is 6.92. The van der Waals surface area contributed by atoms with Crippen molar-refractivity contribution in [3.63, 3.8) is 0 Å². The molecule has 1 heterocycles. The number of aromatic hydroxyl groups is 1. The fraction of sp³-hybridized carbons (Fsp3) is 0.571. The number of hydrogen-bond acceptors (Lipinski definition) is 10. The van der Waals surface area contributed by atoms with E-state index in [-0.39, 0.29) is 54.6 Å². The first-order valence-corrected chi connectivity index (χ1v) is 13.5. The van der Waals surface area contributed by atoms with Gasteiger partial charge < -0.3 is 36.4 Å². The molecule has 4 aliphatic rings. The molecule has 7 N–H and O–H groups in total. The SMILES string of the molecule is CN(C)c1cc(CNC(=O)[C@@H]2CCCN2C)c(O)c2c1C[C@H]1C[C@H]3CC(O)C(C(N)=O)C(=O)[C@@]3(O)C(O)=C1C2=O. The highest BCUT2D eigenvalue weighted by molar-refractivity contribution is 6.16. The number of phenolic OH excluding ortho intramolecular Hbond substituents is 1. The normalized spacial score (nSPS) is 31.9. The molecule has 40 heavy (non-hydrogen) atoms. The number of rotatable bonds is 5. The van der Waals surface area contributed by atoms with Crippen LogP contribution < -0.4 is 16.0 Å². The molecule has 1 aromatic carbocycles. The van der Waals surface area contributed by atoms with Gasteiger partial charge in [0.1, 0.15) is 17.4 Å². The molecule has 1 saturated heterocycles. The molecule has 6 atom stereocenters. The van der Waals surface area contributed by atoms with Crippen molar-refractivity contribution in [3.05, 3.63) is 34.1 Å². The lowest BCUT2D eigenvalue weighted by molar-refractivity contribution is -0.167. The van der Waals surface area contributed by atoms with Crippen molar-refractivity contribution < 1.29 is 39.6 Å². The van der Waals surface area contributed by atoms with Gasteiger partial charge in [0, 0.05) is 43.4 Å². The number of fused-ring (bicyclic) bond motifs is 3. The molecule has 3 aliphatic carbocycles. The molecule has 1 aromatic rings. The first-order valence-electron chi connectivity index (χ1n) is 13.5. The molecule has 1 aliphatic heterocycles. The summed E-state index contributed by atoms with van der Waals surface area (Å²) in [6.45, 7) is 0.781. The summed E-state index contributed by atoms with van der Waals surface area (Å²) in [6, 6.07) is 1.45. The molecule has 12 nitrogen and oxygen atoms in total. The maximum Gasteiger partial charge on any atom is 0.237 e. The maximum absolute atomic E-state index is 13.9. The van der Waals surface area contributed by atoms with E-state index in [0.717, 1.165) is 19.4 Å². The summed E-state index contributed by atoms with van der Waals surface area (Å²) in [5.41, 5.74) is 3.98. The van der Waals surface area contributed by atoms with Gasteiger partial charge in [-0.15, -0.1) is 0 Å². The molecule has 0 spiro atoms. The number of aliphatic hydroxyl groups is 3. The molecule has 2 fully saturated rings. The van der Waals surface area contributed by atoms with Gasteiger partial charge in [-0.2, -0.15) is 0 Å². The second kappa shape index (κ2) is 9.86. The van der Waals surface area contributed by atoms with E-state index in [9.17, 15) is 39.6 Å². The van der Waals surface area contributed by atoms with Crippen molar-refractivity contribution in [2.24, 2.45) is 23.5 Å². The number of benzene rings is 1. The third kappa shape index (κ3) is 4.08. The number of likely N-dealkylation sites (N-methyl/N-ethyl adjacent to an activating group) is 1. The minimum absolute atomic E-state index is 0.0342. The van der Waals surface area contributed by atoms with Crippen molar-refractivity contribution in [1.82, 2.24) is 10.2 Å². The van der Waals surface area contributed by atoms with Crippen molar-refractivity contribution >= 4 is 29.1 Å². The maximum atomic E-state index is 13.9. The largest absolute Gasteiger partial charge is 0.508 e. The highest BCUT2D eigenvalue weighted by Gasteiger charge is 2.62. The Morgan fingerprint density at radius 1 is 1.23 bits per heavy atom.